The van der Waals surface area contributed by atoms with E-state index in [1.165, 1.54) is 5.69 Å². The maximum atomic E-state index is 10.5. The van der Waals surface area contributed by atoms with Crippen molar-refractivity contribution < 1.29 is 9.53 Å². The molecule has 1 aromatic rings. The molecule has 1 fully saturated rings. The van der Waals surface area contributed by atoms with Gasteiger partial charge in [-0.15, -0.1) is 0 Å². The molecule has 0 saturated carbocycles. The van der Waals surface area contributed by atoms with Crippen molar-refractivity contribution in [3.8, 4) is 0 Å². The van der Waals surface area contributed by atoms with Gasteiger partial charge in [-0.1, -0.05) is 0 Å². The smallest absolute Gasteiger partial charge is 0.243 e. The van der Waals surface area contributed by atoms with Crippen LogP contribution in [0.4, 0.5) is 5.69 Å². The lowest BCUT2D eigenvalue weighted by Gasteiger charge is -2.34. The zero-order valence-electron chi connectivity index (χ0n) is 11.6. The molecule has 0 bridgehead atoms. The lowest BCUT2D eigenvalue weighted by molar-refractivity contribution is -0.122. The molecule has 1 aliphatic rings. The monoisotopic (exact) mass is 278 g/mol. The Morgan fingerprint density at radius 2 is 2.10 bits per heavy atom. The molecule has 0 spiro atoms. The van der Waals surface area contributed by atoms with Crippen LogP contribution in [0.3, 0.4) is 0 Å². The predicted molar refractivity (Wildman–Crippen MR) is 77.5 cm³/mol. The average molecular weight is 278 g/mol. The molecule has 0 aromatic carbocycles. The van der Waals surface area contributed by atoms with Crippen molar-refractivity contribution in [3.63, 3.8) is 0 Å². The number of ether oxygens (including phenoxy) is 1. The van der Waals surface area contributed by atoms with Gasteiger partial charge in [-0.3, -0.25) is 9.78 Å². The van der Waals surface area contributed by atoms with E-state index in [-0.39, 0.29) is 6.61 Å². The molecule has 3 N–H and O–H groups in total. The first-order valence-corrected chi connectivity index (χ1v) is 7.00. The third-order valence-corrected chi connectivity index (χ3v) is 3.45. The van der Waals surface area contributed by atoms with E-state index in [0.29, 0.717) is 12.6 Å². The van der Waals surface area contributed by atoms with E-state index >= 15 is 0 Å². The number of anilines is 1. The Morgan fingerprint density at radius 3 is 2.75 bits per heavy atom. The molecule has 6 nitrogen and oxygen atoms in total. The van der Waals surface area contributed by atoms with Crippen molar-refractivity contribution in [2.75, 3.05) is 37.7 Å². The lowest BCUT2D eigenvalue weighted by Crippen LogP contribution is -2.43. The Morgan fingerprint density at radius 1 is 1.40 bits per heavy atom. The highest BCUT2D eigenvalue weighted by molar-refractivity contribution is 5.74. The topological polar surface area (TPSA) is 80.5 Å². The number of carbonyl (C=O) groups is 1. The minimum atomic E-state index is -0.421. The first-order chi connectivity index (χ1) is 9.75. The molecule has 1 aliphatic heterocycles. The number of piperidine rings is 1. The molecule has 2 rings (SSSR count). The minimum Gasteiger partial charge on any atom is -0.371 e. The van der Waals surface area contributed by atoms with Gasteiger partial charge in [0.25, 0.3) is 0 Å². The second-order valence-corrected chi connectivity index (χ2v) is 4.94. The van der Waals surface area contributed by atoms with Gasteiger partial charge < -0.3 is 20.7 Å². The Hall–Kier alpha value is -1.66. The van der Waals surface area contributed by atoms with Crippen LogP contribution >= 0.6 is 0 Å². The van der Waals surface area contributed by atoms with Crippen molar-refractivity contribution in [2.24, 2.45) is 5.73 Å². The standard InChI is InChI=1S/C14H22N4O2/c15-14(19)11-20-10-7-17-12-3-8-18(9-4-12)13-1-5-16-6-2-13/h1-2,5-6,12,17H,3-4,7-11H2,(H2,15,19). The Kier molecular flexibility index (Phi) is 5.76. The van der Waals surface area contributed by atoms with Crippen LogP contribution < -0.4 is 16.0 Å². The van der Waals surface area contributed by atoms with E-state index in [4.69, 9.17) is 10.5 Å². The van der Waals surface area contributed by atoms with Crippen molar-refractivity contribution in [1.29, 1.82) is 0 Å². The fraction of sp³-hybridized carbons (Fsp3) is 0.571. The molecule has 0 radical (unpaired) electrons. The fourth-order valence-electron chi connectivity index (χ4n) is 2.40. The molecular formula is C14H22N4O2. The van der Waals surface area contributed by atoms with Gasteiger partial charge in [-0.2, -0.15) is 0 Å². The van der Waals surface area contributed by atoms with E-state index in [1.54, 1.807) is 0 Å². The highest BCUT2D eigenvalue weighted by Gasteiger charge is 2.18. The summed E-state index contributed by atoms with van der Waals surface area (Å²) in [5.41, 5.74) is 6.23. The van der Waals surface area contributed by atoms with Crippen LogP contribution in [-0.4, -0.2) is 49.8 Å². The number of pyridine rings is 1. The second kappa shape index (κ2) is 7.81. The number of aromatic nitrogens is 1. The molecule has 2 heterocycles. The Bertz CT molecular complexity index is 405. The zero-order valence-corrected chi connectivity index (χ0v) is 11.6. The van der Waals surface area contributed by atoms with Crippen LogP contribution in [0.15, 0.2) is 24.5 Å². The van der Waals surface area contributed by atoms with Crippen LogP contribution in [0.25, 0.3) is 0 Å². The summed E-state index contributed by atoms with van der Waals surface area (Å²) in [4.78, 5) is 16.9. The van der Waals surface area contributed by atoms with Gasteiger partial charge in [0.1, 0.15) is 6.61 Å². The molecule has 1 saturated heterocycles. The number of rotatable bonds is 7. The van der Waals surface area contributed by atoms with Crippen molar-refractivity contribution in [1.82, 2.24) is 10.3 Å². The first-order valence-electron chi connectivity index (χ1n) is 7.00. The Balaban J connectivity index is 1.61. The highest BCUT2D eigenvalue weighted by Crippen LogP contribution is 2.18. The number of amides is 1. The summed E-state index contributed by atoms with van der Waals surface area (Å²) in [5, 5.41) is 3.45. The second-order valence-electron chi connectivity index (χ2n) is 4.94. The fourth-order valence-corrected chi connectivity index (χ4v) is 2.40. The molecule has 1 amide bonds. The van der Waals surface area contributed by atoms with Gasteiger partial charge >= 0.3 is 0 Å². The number of hydrogen-bond acceptors (Lipinski definition) is 5. The SMILES string of the molecule is NC(=O)COCCNC1CCN(c2ccncc2)CC1. The summed E-state index contributed by atoms with van der Waals surface area (Å²) in [6.45, 7) is 3.37. The molecule has 0 atom stereocenters. The van der Waals surface area contributed by atoms with Gasteiger partial charge in [0.15, 0.2) is 0 Å². The van der Waals surface area contributed by atoms with Crippen LogP contribution in [-0.2, 0) is 9.53 Å². The third kappa shape index (κ3) is 4.79. The van der Waals surface area contributed by atoms with E-state index in [2.05, 4.69) is 15.2 Å². The molecule has 0 aliphatic carbocycles. The number of nitrogens with two attached hydrogens (primary N) is 1. The van der Waals surface area contributed by atoms with E-state index in [1.807, 2.05) is 24.5 Å². The summed E-state index contributed by atoms with van der Waals surface area (Å²) in [6.07, 6.45) is 5.88. The molecule has 0 unspecified atom stereocenters. The van der Waals surface area contributed by atoms with E-state index in [9.17, 15) is 4.79 Å². The van der Waals surface area contributed by atoms with Crippen molar-refractivity contribution in [2.45, 2.75) is 18.9 Å². The lowest BCUT2D eigenvalue weighted by atomic mass is 10.0. The van der Waals surface area contributed by atoms with Gasteiger partial charge in [0, 0.05) is 43.8 Å². The van der Waals surface area contributed by atoms with Crippen LogP contribution in [0.2, 0.25) is 0 Å². The summed E-state index contributed by atoms with van der Waals surface area (Å²) >= 11 is 0. The van der Waals surface area contributed by atoms with E-state index in [0.717, 1.165) is 32.5 Å². The van der Waals surface area contributed by atoms with Crippen LogP contribution in [0.5, 0.6) is 0 Å². The first kappa shape index (κ1) is 14.7. The summed E-state index contributed by atoms with van der Waals surface area (Å²) in [7, 11) is 0. The highest BCUT2D eigenvalue weighted by atomic mass is 16.5. The molecule has 6 heteroatoms. The minimum absolute atomic E-state index is 0.00215. The maximum Gasteiger partial charge on any atom is 0.243 e. The Labute approximate surface area is 119 Å². The number of nitrogens with zero attached hydrogens (tertiary/aromatic N) is 2. The van der Waals surface area contributed by atoms with Crippen LogP contribution in [0.1, 0.15) is 12.8 Å². The zero-order chi connectivity index (χ0) is 14.2. The van der Waals surface area contributed by atoms with Gasteiger partial charge in [-0.05, 0) is 25.0 Å². The maximum absolute atomic E-state index is 10.5. The number of primary amides is 1. The average Bonchev–Trinajstić information content (AvgIpc) is 2.48. The molecule has 1 aromatic heterocycles. The van der Waals surface area contributed by atoms with Gasteiger partial charge in [0.2, 0.25) is 5.91 Å². The predicted octanol–water partition coefficient (Wildman–Crippen LogP) is 0.142. The summed E-state index contributed by atoms with van der Waals surface area (Å²) in [6, 6.07) is 4.61. The van der Waals surface area contributed by atoms with Gasteiger partial charge in [-0.25, -0.2) is 0 Å². The third-order valence-electron chi connectivity index (χ3n) is 3.45. The summed E-state index contributed by atoms with van der Waals surface area (Å²) in [5.74, 6) is -0.421. The van der Waals surface area contributed by atoms with Crippen molar-refractivity contribution >= 4 is 11.6 Å². The van der Waals surface area contributed by atoms with Crippen LogP contribution in [0, 0.1) is 0 Å². The largest absolute Gasteiger partial charge is 0.371 e. The molecule has 20 heavy (non-hydrogen) atoms. The van der Waals surface area contributed by atoms with E-state index < -0.39 is 5.91 Å². The number of nitrogens with one attached hydrogen (secondary N) is 1. The quantitative estimate of drug-likeness (QED) is 0.694. The number of hydrogen-bond donors (Lipinski definition) is 2. The molecule has 110 valence electrons. The summed E-state index contributed by atoms with van der Waals surface area (Å²) < 4.78 is 5.12. The van der Waals surface area contributed by atoms with Gasteiger partial charge in [0.05, 0.1) is 6.61 Å². The number of carbonyl (C=O) groups excluding carboxylic acids is 1. The normalized spacial score (nSPS) is 16.3. The molecular weight excluding hydrogens is 256 g/mol. The van der Waals surface area contributed by atoms with Crippen molar-refractivity contribution in [3.05, 3.63) is 24.5 Å².